The van der Waals surface area contributed by atoms with Gasteiger partial charge >= 0.3 is 0 Å². The maximum absolute atomic E-state index is 15.3. The van der Waals surface area contributed by atoms with Crippen LogP contribution in [0.3, 0.4) is 0 Å². The summed E-state index contributed by atoms with van der Waals surface area (Å²) < 4.78 is 42.0. The number of thiazole rings is 1. The number of hydrogen-bond donors (Lipinski definition) is 1. The highest BCUT2D eigenvalue weighted by Crippen LogP contribution is 2.29. The Labute approximate surface area is 215 Å². The quantitative estimate of drug-likeness (QED) is 0.339. The standard InChI is InChI=1S/C26H22ClF2N3O3S/c27-17-6-9-21-19(14-17)30-22(36-21)15-35-20-8-7-18(28)23(24(20)29)26(33)31-25(16-4-2-1-3-5-16)32-10-12-34-13-11-32/h1-9,14,25H,10-13,15H2,(H,31,33). The molecule has 3 aromatic carbocycles. The van der Waals surface area contributed by atoms with Crippen LogP contribution in [0.15, 0.2) is 60.7 Å². The topological polar surface area (TPSA) is 63.7 Å². The lowest BCUT2D eigenvalue weighted by atomic mass is 10.1. The summed E-state index contributed by atoms with van der Waals surface area (Å²) in [7, 11) is 0. The minimum atomic E-state index is -1.06. The highest BCUT2D eigenvalue weighted by atomic mass is 35.5. The molecule has 10 heteroatoms. The van der Waals surface area contributed by atoms with E-state index in [1.807, 2.05) is 41.3 Å². The molecule has 1 atom stereocenters. The number of amides is 1. The van der Waals surface area contributed by atoms with Gasteiger partial charge in [0.15, 0.2) is 11.6 Å². The first-order valence-electron chi connectivity index (χ1n) is 11.3. The molecule has 1 unspecified atom stereocenters. The second kappa shape index (κ2) is 10.9. The normalized spacial score (nSPS) is 15.1. The smallest absolute Gasteiger partial charge is 0.258 e. The van der Waals surface area contributed by atoms with Gasteiger partial charge in [-0.2, -0.15) is 0 Å². The Kier molecular flexibility index (Phi) is 7.43. The average molecular weight is 530 g/mol. The van der Waals surface area contributed by atoms with Crippen LogP contribution in [0, 0.1) is 11.6 Å². The van der Waals surface area contributed by atoms with Gasteiger partial charge in [0.2, 0.25) is 0 Å². The molecule has 1 saturated heterocycles. The summed E-state index contributed by atoms with van der Waals surface area (Å²) in [5, 5.41) is 3.96. The SMILES string of the molecule is O=C(NC(c1ccccc1)N1CCOCC1)c1c(F)ccc(OCc2nc3cc(Cl)ccc3s2)c1F. The van der Waals surface area contributed by atoms with Gasteiger partial charge in [-0.1, -0.05) is 41.9 Å². The summed E-state index contributed by atoms with van der Waals surface area (Å²) >= 11 is 7.39. The van der Waals surface area contributed by atoms with E-state index >= 15 is 4.39 Å². The number of carbonyl (C=O) groups is 1. The van der Waals surface area contributed by atoms with Crippen molar-refractivity contribution in [2.75, 3.05) is 26.3 Å². The van der Waals surface area contributed by atoms with Crippen LogP contribution in [0.1, 0.15) is 27.1 Å². The predicted octanol–water partition coefficient (Wildman–Crippen LogP) is 5.57. The zero-order valence-electron chi connectivity index (χ0n) is 19.0. The van der Waals surface area contributed by atoms with Crippen LogP contribution in [0.25, 0.3) is 10.2 Å². The number of fused-ring (bicyclic) bond motifs is 1. The first-order valence-corrected chi connectivity index (χ1v) is 12.5. The van der Waals surface area contributed by atoms with Crippen LogP contribution >= 0.6 is 22.9 Å². The molecule has 1 amide bonds. The molecule has 0 aliphatic carbocycles. The van der Waals surface area contributed by atoms with E-state index in [9.17, 15) is 9.18 Å². The van der Waals surface area contributed by atoms with Crippen LogP contribution in [-0.4, -0.2) is 42.1 Å². The summed E-state index contributed by atoms with van der Waals surface area (Å²) in [5.41, 5.74) is 0.815. The molecular weight excluding hydrogens is 508 g/mol. The van der Waals surface area contributed by atoms with Crippen LogP contribution in [0.5, 0.6) is 5.75 Å². The van der Waals surface area contributed by atoms with Gasteiger partial charge in [0.05, 0.1) is 23.4 Å². The van der Waals surface area contributed by atoms with Crippen molar-refractivity contribution in [1.29, 1.82) is 0 Å². The van der Waals surface area contributed by atoms with Gasteiger partial charge in [0.25, 0.3) is 5.91 Å². The largest absolute Gasteiger partial charge is 0.483 e. The Morgan fingerprint density at radius 3 is 2.69 bits per heavy atom. The molecular formula is C26H22ClF2N3O3S. The molecule has 1 aromatic heterocycles. The molecule has 0 radical (unpaired) electrons. The number of nitrogens with zero attached hydrogens (tertiary/aromatic N) is 2. The van der Waals surface area contributed by atoms with Crippen molar-refractivity contribution in [3.63, 3.8) is 0 Å². The van der Waals surface area contributed by atoms with Crippen molar-refractivity contribution in [2.45, 2.75) is 12.8 Å². The fraction of sp³-hybridized carbons (Fsp3) is 0.231. The molecule has 4 aromatic rings. The van der Waals surface area contributed by atoms with Gasteiger partial charge in [-0.3, -0.25) is 9.69 Å². The van der Waals surface area contributed by atoms with Crippen LogP contribution in [0.2, 0.25) is 5.02 Å². The molecule has 5 rings (SSSR count). The third-order valence-electron chi connectivity index (χ3n) is 5.82. The number of halogens is 3. The maximum Gasteiger partial charge on any atom is 0.258 e. The monoisotopic (exact) mass is 529 g/mol. The van der Waals surface area contributed by atoms with Crippen LogP contribution < -0.4 is 10.1 Å². The summed E-state index contributed by atoms with van der Waals surface area (Å²) in [6.07, 6.45) is -0.569. The van der Waals surface area contributed by atoms with Gasteiger partial charge in [-0.25, -0.2) is 13.8 Å². The summed E-state index contributed by atoms with van der Waals surface area (Å²) in [5.74, 6) is -3.14. The Balaban J connectivity index is 1.36. The molecule has 36 heavy (non-hydrogen) atoms. The molecule has 0 spiro atoms. The van der Waals surface area contributed by atoms with E-state index in [0.29, 0.717) is 41.9 Å². The Bertz CT molecular complexity index is 1380. The van der Waals surface area contributed by atoms with E-state index in [1.54, 1.807) is 12.1 Å². The number of hydrogen-bond acceptors (Lipinski definition) is 6. The van der Waals surface area contributed by atoms with Crippen molar-refractivity contribution < 1.29 is 23.0 Å². The number of rotatable bonds is 7. The van der Waals surface area contributed by atoms with Gasteiger partial charge in [0.1, 0.15) is 29.2 Å². The summed E-state index contributed by atoms with van der Waals surface area (Å²) in [4.78, 5) is 19.6. The predicted molar refractivity (Wildman–Crippen MR) is 134 cm³/mol. The van der Waals surface area contributed by atoms with E-state index in [4.69, 9.17) is 21.1 Å². The van der Waals surface area contributed by atoms with Gasteiger partial charge in [0, 0.05) is 18.1 Å². The number of aromatic nitrogens is 1. The third kappa shape index (κ3) is 5.34. The lowest BCUT2D eigenvalue weighted by Crippen LogP contribution is -2.46. The van der Waals surface area contributed by atoms with Crippen molar-refractivity contribution in [3.05, 3.63) is 93.5 Å². The second-order valence-electron chi connectivity index (χ2n) is 8.18. The Hall–Kier alpha value is -3.11. The molecule has 1 N–H and O–H groups in total. The number of ether oxygens (including phenoxy) is 2. The molecule has 1 aliphatic heterocycles. The molecule has 6 nitrogen and oxygen atoms in total. The second-order valence-corrected chi connectivity index (χ2v) is 9.73. The van der Waals surface area contributed by atoms with E-state index in [0.717, 1.165) is 16.3 Å². The number of nitrogens with one attached hydrogen (secondary N) is 1. The highest BCUT2D eigenvalue weighted by molar-refractivity contribution is 7.18. The summed E-state index contributed by atoms with van der Waals surface area (Å²) in [6.45, 7) is 2.11. The van der Waals surface area contributed by atoms with Crippen molar-refractivity contribution in [2.24, 2.45) is 0 Å². The van der Waals surface area contributed by atoms with Gasteiger partial charge < -0.3 is 14.8 Å². The lowest BCUT2D eigenvalue weighted by molar-refractivity contribution is 0.00837. The Morgan fingerprint density at radius 1 is 1.14 bits per heavy atom. The number of benzene rings is 3. The maximum atomic E-state index is 15.3. The lowest BCUT2D eigenvalue weighted by Gasteiger charge is -2.35. The van der Waals surface area contributed by atoms with E-state index in [2.05, 4.69) is 10.3 Å². The number of carbonyl (C=O) groups excluding carboxylic acids is 1. The zero-order valence-corrected chi connectivity index (χ0v) is 20.6. The molecule has 0 saturated carbocycles. The molecule has 2 heterocycles. The molecule has 0 bridgehead atoms. The minimum Gasteiger partial charge on any atom is -0.483 e. The average Bonchev–Trinajstić information content (AvgIpc) is 3.30. The van der Waals surface area contributed by atoms with Crippen molar-refractivity contribution in [3.8, 4) is 5.75 Å². The van der Waals surface area contributed by atoms with Crippen molar-refractivity contribution in [1.82, 2.24) is 15.2 Å². The number of morpholine rings is 1. The first kappa shape index (κ1) is 24.6. The molecule has 186 valence electrons. The molecule has 1 aliphatic rings. The molecule has 1 fully saturated rings. The van der Waals surface area contributed by atoms with Crippen LogP contribution in [-0.2, 0) is 11.3 Å². The van der Waals surface area contributed by atoms with E-state index < -0.39 is 29.3 Å². The first-order chi connectivity index (χ1) is 17.5. The minimum absolute atomic E-state index is 0.0407. The van der Waals surface area contributed by atoms with Crippen molar-refractivity contribution >= 4 is 39.1 Å². The summed E-state index contributed by atoms with van der Waals surface area (Å²) in [6, 6.07) is 16.8. The van der Waals surface area contributed by atoms with Gasteiger partial charge in [-0.05, 0) is 35.9 Å². The fourth-order valence-electron chi connectivity index (χ4n) is 4.06. The van der Waals surface area contributed by atoms with Gasteiger partial charge in [-0.15, -0.1) is 11.3 Å². The fourth-order valence-corrected chi connectivity index (χ4v) is 5.08. The highest BCUT2D eigenvalue weighted by Gasteiger charge is 2.28. The Morgan fingerprint density at radius 2 is 1.92 bits per heavy atom. The zero-order chi connectivity index (χ0) is 25.1. The van der Waals surface area contributed by atoms with E-state index in [1.165, 1.54) is 17.4 Å². The van der Waals surface area contributed by atoms with E-state index in [-0.39, 0.29) is 12.4 Å². The van der Waals surface area contributed by atoms with Crippen LogP contribution in [0.4, 0.5) is 8.78 Å². The third-order valence-corrected chi connectivity index (χ3v) is 7.07.